The monoisotopic (exact) mass is 388 g/mol. The Bertz CT molecular complexity index is 875. The summed E-state index contributed by atoms with van der Waals surface area (Å²) in [6.07, 6.45) is 0.0112. The Morgan fingerprint density at radius 1 is 1.27 bits per heavy atom. The Kier molecular flexibility index (Phi) is 5.85. The van der Waals surface area contributed by atoms with Crippen LogP contribution in [0.2, 0.25) is 0 Å². The average molecular weight is 388 g/mol. The smallest absolute Gasteiger partial charge is 0.341 e. The molecule has 0 spiro atoms. The summed E-state index contributed by atoms with van der Waals surface area (Å²) in [4.78, 5) is 39.7. The van der Waals surface area contributed by atoms with Crippen molar-refractivity contribution in [1.82, 2.24) is 0 Å². The van der Waals surface area contributed by atoms with E-state index in [0.29, 0.717) is 21.2 Å². The van der Waals surface area contributed by atoms with E-state index in [-0.39, 0.29) is 30.6 Å². The number of anilines is 1. The molecule has 0 aliphatic carbocycles. The first-order valence-corrected chi connectivity index (χ1v) is 9.82. The predicted octanol–water partition coefficient (Wildman–Crippen LogP) is 3.59. The van der Waals surface area contributed by atoms with Crippen LogP contribution in [-0.2, 0) is 14.3 Å². The fraction of sp³-hybridized carbons (Fsp3) is 0.222. The summed E-state index contributed by atoms with van der Waals surface area (Å²) in [5.41, 5.74) is 1.93. The van der Waals surface area contributed by atoms with Crippen LogP contribution in [0.15, 0.2) is 40.7 Å². The van der Waals surface area contributed by atoms with Gasteiger partial charge in [-0.2, -0.15) is 0 Å². The van der Waals surface area contributed by atoms with Crippen LogP contribution in [0.5, 0.6) is 0 Å². The molecule has 1 aromatic carbocycles. The van der Waals surface area contributed by atoms with Crippen LogP contribution in [-0.4, -0.2) is 35.2 Å². The van der Waals surface area contributed by atoms with E-state index in [9.17, 15) is 14.4 Å². The summed E-state index contributed by atoms with van der Waals surface area (Å²) in [5.74, 6) is -0.760. The number of carbonyl (C=O) groups excluding carboxylic acids is 3. The number of thioether (sulfide) groups is 1. The van der Waals surface area contributed by atoms with Crippen LogP contribution >= 0.6 is 23.1 Å². The Hall–Kier alpha value is -2.45. The number of ether oxygens (including phenoxy) is 1. The Morgan fingerprint density at radius 2 is 2.04 bits per heavy atom. The summed E-state index contributed by atoms with van der Waals surface area (Å²) in [7, 11) is 0. The number of rotatable bonds is 6. The van der Waals surface area contributed by atoms with Crippen molar-refractivity contribution >= 4 is 50.9 Å². The molecule has 0 bridgehead atoms. The molecule has 26 heavy (non-hydrogen) atoms. The normalized spacial score (nSPS) is 13.4. The van der Waals surface area contributed by atoms with E-state index < -0.39 is 5.97 Å². The minimum Gasteiger partial charge on any atom is -0.462 e. The number of thiophene rings is 1. The first-order valence-electron chi connectivity index (χ1n) is 7.95. The second-order valence-corrected chi connectivity index (χ2v) is 7.28. The Balaban J connectivity index is 1.85. The van der Waals surface area contributed by atoms with Crippen molar-refractivity contribution < 1.29 is 19.1 Å². The lowest BCUT2D eigenvalue weighted by atomic mass is 10.0. The van der Waals surface area contributed by atoms with E-state index in [4.69, 9.17) is 4.74 Å². The van der Waals surface area contributed by atoms with Crippen LogP contribution in [0.1, 0.15) is 23.7 Å². The molecule has 8 heteroatoms. The van der Waals surface area contributed by atoms with Crippen molar-refractivity contribution in [2.75, 3.05) is 17.7 Å². The van der Waals surface area contributed by atoms with Gasteiger partial charge in [-0.1, -0.05) is 30.3 Å². The third-order valence-corrected chi connectivity index (χ3v) is 5.39. The van der Waals surface area contributed by atoms with Crippen molar-refractivity contribution in [2.45, 2.75) is 13.3 Å². The largest absolute Gasteiger partial charge is 0.462 e. The van der Waals surface area contributed by atoms with E-state index >= 15 is 0 Å². The molecule has 2 aromatic rings. The maximum absolute atomic E-state index is 12.5. The van der Waals surface area contributed by atoms with Crippen LogP contribution in [0, 0.1) is 0 Å². The third kappa shape index (κ3) is 4.20. The highest BCUT2D eigenvalue weighted by atomic mass is 32.2. The van der Waals surface area contributed by atoms with Crippen molar-refractivity contribution in [3.05, 3.63) is 41.3 Å². The molecular formula is C18H16N2O4S2. The summed E-state index contributed by atoms with van der Waals surface area (Å²) < 4.78 is 5.16. The summed E-state index contributed by atoms with van der Waals surface area (Å²) in [6.45, 7) is 1.98. The summed E-state index contributed by atoms with van der Waals surface area (Å²) >= 11 is 2.53. The van der Waals surface area contributed by atoms with Crippen molar-refractivity contribution in [3.8, 4) is 11.1 Å². The molecule has 1 aliphatic rings. The zero-order valence-electron chi connectivity index (χ0n) is 14.0. The zero-order chi connectivity index (χ0) is 18.5. The molecule has 134 valence electrons. The van der Waals surface area contributed by atoms with Gasteiger partial charge in [0.1, 0.15) is 10.6 Å². The topological polar surface area (TPSA) is 84.8 Å². The fourth-order valence-electron chi connectivity index (χ4n) is 2.43. The van der Waals surface area contributed by atoms with Gasteiger partial charge in [0.05, 0.1) is 23.8 Å². The van der Waals surface area contributed by atoms with E-state index in [0.717, 1.165) is 5.56 Å². The van der Waals surface area contributed by atoms with Crippen LogP contribution in [0.25, 0.3) is 11.1 Å². The lowest BCUT2D eigenvalue weighted by Gasteiger charge is -2.08. The number of nitrogens with one attached hydrogen (secondary N) is 1. The molecule has 0 fully saturated rings. The quantitative estimate of drug-likeness (QED) is 0.765. The minimum atomic E-state index is -0.481. The van der Waals surface area contributed by atoms with Gasteiger partial charge in [0.25, 0.3) is 5.91 Å². The van der Waals surface area contributed by atoms with Gasteiger partial charge in [0, 0.05) is 10.9 Å². The molecule has 1 aromatic heterocycles. The number of amides is 2. The molecule has 6 nitrogen and oxygen atoms in total. The number of hydrogen-bond donors (Lipinski definition) is 1. The number of aliphatic imine (C=N–C) groups is 1. The van der Waals surface area contributed by atoms with Crippen molar-refractivity contribution in [2.24, 2.45) is 4.99 Å². The van der Waals surface area contributed by atoms with Crippen molar-refractivity contribution in [1.29, 1.82) is 0 Å². The van der Waals surface area contributed by atoms with Gasteiger partial charge in [0.2, 0.25) is 5.91 Å². The maximum atomic E-state index is 12.5. The average Bonchev–Trinajstić information content (AvgIpc) is 3.22. The molecule has 1 aliphatic heterocycles. The van der Waals surface area contributed by atoms with Gasteiger partial charge >= 0.3 is 5.97 Å². The lowest BCUT2D eigenvalue weighted by molar-refractivity contribution is -0.115. The van der Waals surface area contributed by atoms with Crippen LogP contribution < -0.4 is 5.32 Å². The van der Waals surface area contributed by atoms with Gasteiger partial charge in [0.15, 0.2) is 0 Å². The SMILES string of the molecule is CCOC(=O)c1c(-c2ccccc2)csc1NC(=O)CC1=NC(=O)CS1. The van der Waals surface area contributed by atoms with Gasteiger partial charge in [-0.3, -0.25) is 9.59 Å². The van der Waals surface area contributed by atoms with E-state index in [1.807, 2.05) is 35.7 Å². The highest BCUT2D eigenvalue weighted by Crippen LogP contribution is 2.36. The fourth-order valence-corrected chi connectivity index (χ4v) is 4.16. The summed E-state index contributed by atoms with van der Waals surface area (Å²) in [5, 5.41) is 5.50. The van der Waals surface area contributed by atoms with E-state index in [1.54, 1.807) is 6.92 Å². The molecule has 0 unspecified atom stereocenters. The second kappa shape index (κ2) is 8.29. The standard InChI is InChI=1S/C18H16N2O4S2/c1-2-24-18(23)16-12(11-6-4-3-5-7-11)9-26-17(16)20-13(21)8-15-19-14(22)10-25-15/h3-7,9H,2,8,10H2,1H3,(H,20,21). The molecule has 0 radical (unpaired) electrons. The second-order valence-electron chi connectivity index (χ2n) is 5.35. The molecule has 1 N–H and O–H groups in total. The number of esters is 1. The zero-order valence-corrected chi connectivity index (χ0v) is 15.6. The molecule has 2 amide bonds. The molecule has 0 saturated carbocycles. The van der Waals surface area contributed by atoms with Gasteiger partial charge in [-0.05, 0) is 12.5 Å². The molecule has 0 atom stereocenters. The highest BCUT2D eigenvalue weighted by Gasteiger charge is 2.24. The number of nitrogens with zero attached hydrogens (tertiary/aromatic N) is 1. The molecule has 3 rings (SSSR count). The number of hydrogen-bond acceptors (Lipinski definition) is 6. The number of benzene rings is 1. The van der Waals surface area contributed by atoms with Crippen LogP contribution in [0.4, 0.5) is 5.00 Å². The van der Waals surface area contributed by atoms with Gasteiger partial charge in [-0.25, -0.2) is 9.79 Å². The Morgan fingerprint density at radius 3 is 2.69 bits per heavy atom. The molecular weight excluding hydrogens is 372 g/mol. The first kappa shape index (κ1) is 18.3. The third-order valence-electron chi connectivity index (χ3n) is 3.53. The van der Waals surface area contributed by atoms with Crippen molar-refractivity contribution in [3.63, 3.8) is 0 Å². The lowest BCUT2D eigenvalue weighted by Crippen LogP contribution is -2.16. The first-order chi connectivity index (χ1) is 12.6. The van der Waals surface area contributed by atoms with Gasteiger partial charge < -0.3 is 10.1 Å². The van der Waals surface area contributed by atoms with Crippen LogP contribution in [0.3, 0.4) is 0 Å². The summed E-state index contributed by atoms with van der Waals surface area (Å²) in [6, 6.07) is 9.45. The molecule has 0 saturated heterocycles. The predicted molar refractivity (Wildman–Crippen MR) is 104 cm³/mol. The molecule has 2 heterocycles. The van der Waals surface area contributed by atoms with Gasteiger partial charge in [-0.15, -0.1) is 23.1 Å². The minimum absolute atomic E-state index is 0.0112. The van der Waals surface area contributed by atoms with E-state index in [1.165, 1.54) is 23.1 Å². The highest BCUT2D eigenvalue weighted by molar-refractivity contribution is 8.15. The maximum Gasteiger partial charge on any atom is 0.341 e. The number of carbonyl (C=O) groups is 3. The Labute approximate surface area is 158 Å². The van der Waals surface area contributed by atoms with E-state index in [2.05, 4.69) is 10.3 Å².